The van der Waals surface area contributed by atoms with E-state index in [0.29, 0.717) is 25.4 Å². The molecule has 0 rings (SSSR count). The Morgan fingerprint density at radius 3 is 2.60 bits per heavy atom. The van der Waals surface area contributed by atoms with E-state index in [-0.39, 0.29) is 12.1 Å². The molecule has 0 aliphatic rings. The van der Waals surface area contributed by atoms with Crippen LogP contribution in [0.1, 0.15) is 52.9 Å². The van der Waals surface area contributed by atoms with Crippen LogP contribution in [0.25, 0.3) is 0 Å². The first-order chi connectivity index (χ1) is 7.06. The second kappa shape index (κ2) is 8.72. The van der Waals surface area contributed by atoms with E-state index in [1.165, 1.54) is 0 Å². The van der Waals surface area contributed by atoms with Crippen molar-refractivity contribution in [3.63, 3.8) is 0 Å². The number of carbonyl (C=O) groups is 1. The summed E-state index contributed by atoms with van der Waals surface area (Å²) in [7, 11) is 0. The maximum atomic E-state index is 11.2. The van der Waals surface area contributed by atoms with Gasteiger partial charge in [-0.05, 0) is 25.2 Å². The molecule has 3 heteroatoms. The first-order valence-corrected chi connectivity index (χ1v) is 5.90. The van der Waals surface area contributed by atoms with Gasteiger partial charge in [-0.3, -0.25) is 4.79 Å². The SMILES string of the molecule is CCCCOC(=O)CCC(O)CC(C)C. The maximum absolute atomic E-state index is 11.2. The van der Waals surface area contributed by atoms with Crippen molar-refractivity contribution in [3.05, 3.63) is 0 Å². The summed E-state index contributed by atoms with van der Waals surface area (Å²) in [6.45, 7) is 6.68. The molecule has 0 bridgehead atoms. The number of hydrogen-bond acceptors (Lipinski definition) is 3. The maximum Gasteiger partial charge on any atom is 0.305 e. The van der Waals surface area contributed by atoms with Gasteiger partial charge in [0.2, 0.25) is 0 Å². The Kier molecular flexibility index (Phi) is 8.38. The lowest BCUT2D eigenvalue weighted by Gasteiger charge is -2.12. The number of esters is 1. The molecule has 1 atom stereocenters. The number of rotatable bonds is 8. The Morgan fingerprint density at radius 1 is 1.40 bits per heavy atom. The molecule has 0 aliphatic carbocycles. The van der Waals surface area contributed by atoms with E-state index in [4.69, 9.17) is 4.74 Å². The van der Waals surface area contributed by atoms with Gasteiger partial charge >= 0.3 is 5.97 Å². The fraction of sp³-hybridized carbons (Fsp3) is 0.917. The second-order valence-corrected chi connectivity index (χ2v) is 4.40. The summed E-state index contributed by atoms with van der Waals surface area (Å²) in [6, 6.07) is 0. The van der Waals surface area contributed by atoms with Crippen LogP contribution in [0.15, 0.2) is 0 Å². The van der Waals surface area contributed by atoms with E-state index in [1.807, 2.05) is 0 Å². The zero-order chi connectivity index (χ0) is 11.7. The van der Waals surface area contributed by atoms with E-state index >= 15 is 0 Å². The molecule has 0 aromatic heterocycles. The van der Waals surface area contributed by atoms with Crippen LogP contribution in [0, 0.1) is 5.92 Å². The van der Waals surface area contributed by atoms with Crippen molar-refractivity contribution >= 4 is 5.97 Å². The van der Waals surface area contributed by atoms with Gasteiger partial charge in [0.25, 0.3) is 0 Å². The van der Waals surface area contributed by atoms with Gasteiger partial charge in [-0.15, -0.1) is 0 Å². The number of unbranched alkanes of at least 4 members (excludes halogenated alkanes) is 1. The molecule has 1 N–H and O–H groups in total. The van der Waals surface area contributed by atoms with Gasteiger partial charge in [-0.1, -0.05) is 27.2 Å². The molecule has 0 aromatic carbocycles. The molecule has 0 aliphatic heterocycles. The van der Waals surface area contributed by atoms with Crippen molar-refractivity contribution in [2.75, 3.05) is 6.61 Å². The molecular weight excluding hydrogens is 192 g/mol. The normalized spacial score (nSPS) is 12.9. The molecule has 3 nitrogen and oxygen atoms in total. The fourth-order valence-electron chi connectivity index (χ4n) is 1.35. The molecule has 15 heavy (non-hydrogen) atoms. The minimum Gasteiger partial charge on any atom is -0.466 e. The van der Waals surface area contributed by atoms with Crippen LogP contribution in [0.4, 0.5) is 0 Å². The number of aliphatic hydroxyl groups excluding tert-OH is 1. The molecule has 0 spiro atoms. The molecule has 0 heterocycles. The predicted molar refractivity (Wildman–Crippen MR) is 60.6 cm³/mol. The van der Waals surface area contributed by atoms with Crippen molar-refractivity contribution in [3.8, 4) is 0 Å². The van der Waals surface area contributed by atoms with Crippen molar-refractivity contribution in [1.82, 2.24) is 0 Å². The third-order valence-corrected chi connectivity index (χ3v) is 2.19. The number of hydrogen-bond donors (Lipinski definition) is 1. The van der Waals surface area contributed by atoms with Crippen LogP contribution in [0.5, 0.6) is 0 Å². The minimum atomic E-state index is -0.372. The first-order valence-electron chi connectivity index (χ1n) is 5.90. The average molecular weight is 216 g/mol. The van der Waals surface area contributed by atoms with Crippen molar-refractivity contribution in [1.29, 1.82) is 0 Å². The molecule has 0 saturated heterocycles. The van der Waals surface area contributed by atoms with Crippen LogP contribution < -0.4 is 0 Å². The van der Waals surface area contributed by atoms with E-state index in [0.717, 1.165) is 19.3 Å². The number of carbonyl (C=O) groups excluding carboxylic acids is 1. The lowest BCUT2D eigenvalue weighted by molar-refractivity contribution is -0.144. The van der Waals surface area contributed by atoms with Crippen molar-refractivity contribution in [2.24, 2.45) is 5.92 Å². The standard InChI is InChI=1S/C12H24O3/c1-4-5-8-15-12(14)7-6-11(13)9-10(2)3/h10-11,13H,4-9H2,1-3H3. The Hall–Kier alpha value is -0.570. The van der Waals surface area contributed by atoms with Crippen LogP contribution in [0.2, 0.25) is 0 Å². The summed E-state index contributed by atoms with van der Waals surface area (Å²) in [4.78, 5) is 11.2. The lowest BCUT2D eigenvalue weighted by atomic mass is 10.0. The van der Waals surface area contributed by atoms with E-state index in [9.17, 15) is 9.90 Å². The first kappa shape index (κ1) is 14.4. The fourth-order valence-corrected chi connectivity index (χ4v) is 1.35. The summed E-state index contributed by atoms with van der Waals surface area (Å²) < 4.78 is 4.99. The van der Waals surface area contributed by atoms with Gasteiger partial charge < -0.3 is 9.84 Å². The van der Waals surface area contributed by atoms with Crippen LogP contribution in [0.3, 0.4) is 0 Å². The molecule has 0 fully saturated rings. The van der Waals surface area contributed by atoms with E-state index < -0.39 is 0 Å². The van der Waals surface area contributed by atoms with Gasteiger partial charge in [0, 0.05) is 6.42 Å². The molecule has 0 saturated carbocycles. The van der Waals surface area contributed by atoms with Crippen LogP contribution >= 0.6 is 0 Å². The molecule has 0 aromatic rings. The number of aliphatic hydroxyl groups is 1. The third-order valence-electron chi connectivity index (χ3n) is 2.19. The second-order valence-electron chi connectivity index (χ2n) is 4.40. The summed E-state index contributed by atoms with van der Waals surface area (Å²) in [5.41, 5.74) is 0. The van der Waals surface area contributed by atoms with Crippen LogP contribution in [-0.2, 0) is 9.53 Å². The minimum absolute atomic E-state index is 0.189. The molecule has 0 amide bonds. The largest absolute Gasteiger partial charge is 0.466 e. The van der Waals surface area contributed by atoms with Crippen LogP contribution in [-0.4, -0.2) is 23.8 Å². The molecule has 90 valence electrons. The zero-order valence-corrected chi connectivity index (χ0v) is 10.2. The quantitative estimate of drug-likeness (QED) is 0.501. The summed E-state index contributed by atoms with van der Waals surface area (Å²) in [5, 5.41) is 9.53. The summed E-state index contributed by atoms with van der Waals surface area (Å²) >= 11 is 0. The van der Waals surface area contributed by atoms with Gasteiger partial charge in [0.15, 0.2) is 0 Å². The Bertz CT molecular complexity index is 166. The van der Waals surface area contributed by atoms with Gasteiger partial charge in [-0.25, -0.2) is 0 Å². The van der Waals surface area contributed by atoms with Gasteiger partial charge in [0.1, 0.15) is 0 Å². The third kappa shape index (κ3) is 9.73. The highest BCUT2D eigenvalue weighted by Gasteiger charge is 2.10. The molecule has 0 radical (unpaired) electrons. The Morgan fingerprint density at radius 2 is 2.07 bits per heavy atom. The highest BCUT2D eigenvalue weighted by atomic mass is 16.5. The zero-order valence-electron chi connectivity index (χ0n) is 10.2. The van der Waals surface area contributed by atoms with Crippen molar-refractivity contribution < 1.29 is 14.6 Å². The van der Waals surface area contributed by atoms with E-state index in [2.05, 4.69) is 20.8 Å². The summed E-state index contributed by atoms with van der Waals surface area (Å²) in [5.74, 6) is 0.280. The predicted octanol–water partition coefficient (Wildman–Crippen LogP) is 2.52. The Balaban J connectivity index is 3.44. The monoisotopic (exact) mass is 216 g/mol. The highest BCUT2D eigenvalue weighted by Crippen LogP contribution is 2.09. The van der Waals surface area contributed by atoms with Gasteiger partial charge in [-0.2, -0.15) is 0 Å². The molecular formula is C12H24O3. The van der Waals surface area contributed by atoms with Gasteiger partial charge in [0.05, 0.1) is 12.7 Å². The number of ether oxygens (including phenoxy) is 1. The smallest absolute Gasteiger partial charge is 0.305 e. The van der Waals surface area contributed by atoms with E-state index in [1.54, 1.807) is 0 Å². The topological polar surface area (TPSA) is 46.5 Å². The Labute approximate surface area is 92.8 Å². The van der Waals surface area contributed by atoms with Crippen molar-refractivity contribution in [2.45, 2.75) is 59.0 Å². The molecule has 1 unspecified atom stereocenters. The highest BCUT2D eigenvalue weighted by molar-refractivity contribution is 5.69. The average Bonchev–Trinajstić information content (AvgIpc) is 2.14. The lowest BCUT2D eigenvalue weighted by Crippen LogP contribution is -2.14. The summed E-state index contributed by atoms with van der Waals surface area (Å²) in [6.07, 6.45) is 3.18.